The van der Waals surface area contributed by atoms with Gasteiger partial charge in [-0.25, -0.2) is 0 Å². The predicted octanol–water partition coefficient (Wildman–Crippen LogP) is 4.42. The van der Waals surface area contributed by atoms with Crippen LogP contribution in [0.5, 0.6) is 0 Å². The Hall–Kier alpha value is -0.260. The molecule has 1 saturated carbocycles. The highest BCUT2D eigenvalue weighted by Gasteiger charge is 2.34. The standard InChI is InChI=1S/C10H18.C2H6/c1-8(2)10(4)7-5-6-9(10)3;1-2/h8H,3,5-7H2,1-2,4H3;1-2H3. The van der Waals surface area contributed by atoms with Crippen LogP contribution >= 0.6 is 0 Å². The molecule has 0 heteroatoms. The van der Waals surface area contributed by atoms with E-state index in [0.29, 0.717) is 5.41 Å². The van der Waals surface area contributed by atoms with E-state index in [1.54, 1.807) is 0 Å². The lowest BCUT2D eigenvalue weighted by Crippen LogP contribution is -2.20. The van der Waals surface area contributed by atoms with Crippen molar-refractivity contribution >= 4 is 0 Å². The molecule has 1 unspecified atom stereocenters. The zero-order chi connectivity index (χ0) is 9.78. The molecule has 12 heavy (non-hydrogen) atoms. The largest absolute Gasteiger partial charge is 0.0993 e. The highest BCUT2D eigenvalue weighted by Crippen LogP contribution is 2.46. The van der Waals surface area contributed by atoms with Crippen molar-refractivity contribution in [2.24, 2.45) is 11.3 Å². The molecule has 0 bridgehead atoms. The van der Waals surface area contributed by atoms with E-state index in [-0.39, 0.29) is 0 Å². The van der Waals surface area contributed by atoms with Crippen molar-refractivity contribution in [2.75, 3.05) is 0 Å². The van der Waals surface area contributed by atoms with Gasteiger partial charge in [-0.3, -0.25) is 0 Å². The summed E-state index contributed by atoms with van der Waals surface area (Å²) in [5, 5.41) is 0. The van der Waals surface area contributed by atoms with Gasteiger partial charge in [0.15, 0.2) is 0 Å². The van der Waals surface area contributed by atoms with Crippen molar-refractivity contribution in [1.82, 2.24) is 0 Å². The molecule has 1 fully saturated rings. The van der Waals surface area contributed by atoms with Gasteiger partial charge in [-0.1, -0.05) is 46.8 Å². The van der Waals surface area contributed by atoms with Gasteiger partial charge in [0, 0.05) is 0 Å². The number of rotatable bonds is 1. The number of hydrogen-bond donors (Lipinski definition) is 0. The van der Waals surface area contributed by atoms with E-state index >= 15 is 0 Å². The van der Waals surface area contributed by atoms with Crippen LogP contribution in [0.1, 0.15) is 53.9 Å². The third kappa shape index (κ3) is 2.12. The maximum absolute atomic E-state index is 4.13. The Kier molecular flexibility index (Phi) is 4.59. The average molecular weight is 168 g/mol. The zero-order valence-corrected chi connectivity index (χ0v) is 9.41. The summed E-state index contributed by atoms with van der Waals surface area (Å²) in [6.07, 6.45) is 3.96. The van der Waals surface area contributed by atoms with E-state index in [1.807, 2.05) is 13.8 Å². The fourth-order valence-corrected chi connectivity index (χ4v) is 1.83. The third-order valence-corrected chi connectivity index (χ3v) is 3.26. The van der Waals surface area contributed by atoms with E-state index in [4.69, 9.17) is 0 Å². The van der Waals surface area contributed by atoms with Crippen LogP contribution in [0, 0.1) is 11.3 Å². The van der Waals surface area contributed by atoms with Gasteiger partial charge in [0.25, 0.3) is 0 Å². The smallest absolute Gasteiger partial charge is 0.00960 e. The van der Waals surface area contributed by atoms with E-state index in [2.05, 4.69) is 27.4 Å². The van der Waals surface area contributed by atoms with Crippen LogP contribution < -0.4 is 0 Å². The van der Waals surface area contributed by atoms with Gasteiger partial charge in [-0.05, 0) is 30.6 Å². The Morgan fingerprint density at radius 1 is 1.33 bits per heavy atom. The number of hydrogen-bond acceptors (Lipinski definition) is 0. The van der Waals surface area contributed by atoms with Crippen molar-refractivity contribution in [3.8, 4) is 0 Å². The summed E-state index contributed by atoms with van der Waals surface area (Å²) in [5.74, 6) is 0.766. The van der Waals surface area contributed by atoms with Crippen LogP contribution in [0.25, 0.3) is 0 Å². The lowest BCUT2D eigenvalue weighted by atomic mass is 9.75. The molecule has 0 aromatic rings. The molecule has 1 atom stereocenters. The van der Waals surface area contributed by atoms with Crippen molar-refractivity contribution < 1.29 is 0 Å². The van der Waals surface area contributed by atoms with E-state index < -0.39 is 0 Å². The molecule has 0 nitrogen and oxygen atoms in total. The summed E-state index contributed by atoms with van der Waals surface area (Å²) >= 11 is 0. The monoisotopic (exact) mass is 168 g/mol. The van der Waals surface area contributed by atoms with Crippen LogP contribution in [0.2, 0.25) is 0 Å². The van der Waals surface area contributed by atoms with E-state index in [0.717, 1.165) is 5.92 Å². The first-order valence-electron chi connectivity index (χ1n) is 5.25. The minimum Gasteiger partial charge on any atom is -0.0993 e. The first-order chi connectivity index (χ1) is 5.57. The highest BCUT2D eigenvalue weighted by atomic mass is 14.4. The SMILES string of the molecule is C=C1CCCC1(C)C(C)C.CC. The molecule has 72 valence electrons. The van der Waals surface area contributed by atoms with Gasteiger partial charge in [0.05, 0.1) is 0 Å². The Labute approximate surface area is 78.1 Å². The van der Waals surface area contributed by atoms with Gasteiger partial charge >= 0.3 is 0 Å². The van der Waals surface area contributed by atoms with Crippen molar-refractivity contribution in [3.63, 3.8) is 0 Å². The van der Waals surface area contributed by atoms with Gasteiger partial charge in [0.1, 0.15) is 0 Å². The Morgan fingerprint density at radius 2 is 1.83 bits per heavy atom. The van der Waals surface area contributed by atoms with E-state index in [9.17, 15) is 0 Å². The zero-order valence-electron chi connectivity index (χ0n) is 9.41. The summed E-state index contributed by atoms with van der Waals surface area (Å²) in [6.45, 7) is 15.1. The normalized spacial score (nSPS) is 28.7. The second kappa shape index (κ2) is 4.69. The van der Waals surface area contributed by atoms with Crippen LogP contribution in [0.15, 0.2) is 12.2 Å². The Balaban J connectivity index is 0.000000561. The summed E-state index contributed by atoms with van der Waals surface area (Å²) < 4.78 is 0. The first-order valence-corrected chi connectivity index (χ1v) is 5.25. The van der Waals surface area contributed by atoms with Crippen molar-refractivity contribution in [2.45, 2.75) is 53.9 Å². The summed E-state index contributed by atoms with van der Waals surface area (Å²) in [7, 11) is 0. The molecule has 0 aromatic heterocycles. The van der Waals surface area contributed by atoms with Gasteiger partial charge in [0.2, 0.25) is 0 Å². The van der Waals surface area contributed by atoms with Crippen LogP contribution in [0.3, 0.4) is 0 Å². The molecule has 0 heterocycles. The lowest BCUT2D eigenvalue weighted by molar-refractivity contribution is 0.286. The molecule has 1 aliphatic carbocycles. The maximum Gasteiger partial charge on any atom is -0.00960 e. The topological polar surface area (TPSA) is 0 Å². The average Bonchev–Trinajstić information content (AvgIpc) is 2.38. The summed E-state index contributed by atoms with van der Waals surface area (Å²) in [6, 6.07) is 0. The first kappa shape index (κ1) is 11.7. The van der Waals surface area contributed by atoms with Crippen molar-refractivity contribution in [3.05, 3.63) is 12.2 Å². The minimum atomic E-state index is 0.458. The molecule has 0 aliphatic heterocycles. The Bertz CT molecular complexity index is 144. The van der Waals surface area contributed by atoms with Gasteiger partial charge in [-0.2, -0.15) is 0 Å². The Morgan fingerprint density at radius 3 is 2.00 bits per heavy atom. The highest BCUT2D eigenvalue weighted by molar-refractivity contribution is 5.14. The maximum atomic E-state index is 4.13. The molecule has 0 amide bonds. The van der Waals surface area contributed by atoms with Gasteiger partial charge in [-0.15, -0.1) is 0 Å². The van der Waals surface area contributed by atoms with Crippen LogP contribution in [-0.4, -0.2) is 0 Å². The van der Waals surface area contributed by atoms with Crippen LogP contribution in [-0.2, 0) is 0 Å². The fraction of sp³-hybridized carbons (Fsp3) is 0.833. The lowest BCUT2D eigenvalue weighted by Gasteiger charge is -2.30. The fourth-order valence-electron chi connectivity index (χ4n) is 1.83. The molecule has 0 saturated heterocycles. The molecule has 1 aliphatic rings. The second-order valence-electron chi connectivity index (χ2n) is 4.03. The second-order valence-corrected chi connectivity index (χ2v) is 4.03. The molecule has 0 N–H and O–H groups in total. The molecular weight excluding hydrogens is 144 g/mol. The predicted molar refractivity (Wildman–Crippen MR) is 57.3 cm³/mol. The quantitative estimate of drug-likeness (QED) is 0.509. The van der Waals surface area contributed by atoms with Crippen molar-refractivity contribution in [1.29, 1.82) is 0 Å². The van der Waals surface area contributed by atoms with Gasteiger partial charge < -0.3 is 0 Å². The summed E-state index contributed by atoms with van der Waals surface area (Å²) in [5.41, 5.74) is 1.93. The third-order valence-electron chi connectivity index (χ3n) is 3.26. The molecule has 0 radical (unpaired) electrons. The molecular formula is C12H24. The van der Waals surface area contributed by atoms with Crippen LogP contribution in [0.4, 0.5) is 0 Å². The minimum absolute atomic E-state index is 0.458. The number of allylic oxidation sites excluding steroid dienone is 1. The molecule has 1 rings (SSSR count). The molecule has 0 spiro atoms. The summed E-state index contributed by atoms with van der Waals surface area (Å²) in [4.78, 5) is 0. The molecule has 0 aromatic carbocycles. The van der Waals surface area contributed by atoms with E-state index in [1.165, 1.54) is 24.8 Å².